The van der Waals surface area contributed by atoms with Crippen LogP contribution in [0.25, 0.3) is 11.3 Å². The number of anilines is 1. The van der Waals surface area contributed by atoms with Crippen LogP contribution in [-0.2, 0) is 20.7 Å². The molecule has 1 amide bonds. The lowest BCUT2D eigenvalue weighted by molar-refractivity contribution is -0.146. The second-order valence-corrected chi connectivity index (χ2v) is 8.24. The maximum Gasteiger partial charge on any atom is 0.307 e. The average molecular weight is 427 g/mol. The van der Waals surface area contributed by atoms with Crippen LogP contribution in [0.15, 0.2) is 64.9 Å². The van der Waals surface area contributed by atoms with E-state index >= 15 is 0 Å². The molecule has 1 heterocycles. The Hall–Kier alpha value is -2.64. The van der Waals surface area contributed by atoms with E-state index in [1.807, 2.05) is 47.8 Å². The maximum atomic E-state index is 12.0. The van der Waals surface area contributed by atoms with Gasteiger partial charge in [0.2, 0.25) is 0 Å². The summed E-state index contributed by atoms with van der Waals surface area (Å²) in [5, 5.41) is 5.06. The first-order chi connectivity index (χ1) is 14.1. The predicted octanol–water partition coefficient (Wildman–Crippen LogP) is 5.04. The van der Waals surface area contributed by atoms with Crippen LogP contribution in [0, 0.1) is 0 Å². The maximum absolute atomic E-state index is 12.0. The minimum atomic E-state index is -0.392. The summed E-state index contributed by atoms with van der Waals surface area (Å²) in [6.45, 7) is 1.80. The van der Waals surface area contributed by atoms with Crippen molar-refractivity contribution in [3.05, 3.63) is 65.5 Å². The number of esters is 1. The molecule has 0 aliphatic heterocycles. The third kappa shape index (κ3) is 6.73. The van der Waals surface area contributed by atoms with Crippen molar-refractivity contribution < 1.29 is 14.3 Å². The van der Waals surface area contributed by atoms with Gasteiger partial charge in [0.1, 0.15) is 0 Å². The van der Waals surface area contributed by atoms with Crippen molar-refractivity contribution >= 4 is 40.1 Å². The number of aromatic nitrogens is 1. The molecule has 0 unspecified atom stereocenters. The zero-order valence-corrected chi connectivity index (χ0v) is 17.7. The minimum absolute atomic E-state index is 0.252. The molecule has 0 aliphatic carbocycles. The van der Waals surface area contributed by atoms with Crippen LogP contribution in [0.5, 0.6) is 0 Å². The van der Waals surface area contributed by atoms with E-state index in [9.17, 15) is 9.59 Å². The molecule has 1 aromatic heterocycles. The molecule has 0 saturated heterocycles. The summed E-state index contributed by atoms with van der Waals surface area (Å²) in [6.07, 6.45) is 1.24. The van der Waals surface area contributed by atoms with Crippen molar-refractivity contribution in [3.8, 4) is 11.3 Å². The highest BCUT2D eigenvalue weighted by Crippen LogP contribution is 2.25. The van der Waals surface area contributed by atoms with Crippen LogP contribution in [0.2, 0.25) is 0 Å². The van der Waals surface area contributed by atoms with Gasteiger partial charge >= 0.3 is 5.97 Å². The third-order valence-corrected chi connectivity index (χ3v) is 5.86. The molecule has 7 heteroatoms. The lowest BCUT2D eigenvalue weighted by Crippen LogP contribution is -2.20. The number of hydrogen-bond acceptors (Lipinski definition) is 6. The lowest BCUT2D eigenvalue weighted by Gasteiger charge is -2.05. The Morgan fingerprint density at radius 2 is 1.86 bits per heavy atom. The quantitative estimate of drug-likeness (QED) is 0.384. The summed E-state index contributed by atoms with van der Waals surface area (Å²) >= 11 is 2.92. The van der Waals surface area contributed by atoms with Gasteiger partial charge in [0.15, 0.2) is 11.7 Å². The molecule has 29 heavy (non-hydrogen) atoms. The van der Waals surface area contributed by atoms with Crippen LogP contribution < -0.4 is 5.32 Å². The van der Waals surface area contributed by atoms with E-state index in [1.165, 1.54) is 16.9 Å². The van der Waals surface area contributed by atoms with E-state index in [4.69, 9.17) is 4.74 Å². The molecule has 0 bridgehead atoms. The number of thiazole rings is 1. The van der Waals surface area contributed by atoms with Gasteiger partial charge in [-0.25, -0.2) is 4.98 Å². The standard InChI is InChI=1S/C22H22N2O3S2/c1-2-16-8-10-17(11-9-16)19-15-29-22(23-19)24-20(25)14-27-21(26)12-13-28-18-6-4-3-5-7-18/h3-11,15H,2,12-14H2,1H3,(H,23,24,25). The molecule has 3 aromatic rings. The molecule has 3 rings (SSSR count). The molecule has 1 N–H and O–H groups in total. The molecule has 0 fully saturated rings. The Morgan fingerprint density at radius 3 is 2.59 bits per heavy atom. The average Bonchev–Trinajstić information content (AvgIpc) is 3.21. The van der Waals surface area contributed by atoms with Crippen molar-refractivity contribution in [1.29, 1.82) is 0 Å². The van der Waals surface area contributed by atoms with Crippen LogP contribution in [-0.4, -0.2) is 29.2 Å². The first kappa shape index (κ1) is 21.1. The summed E-state index contributed by atoms with van der Waals surface area (Å²) in [5.41, 5.74) is 3.07. The molecule has 150 valence electrons. The van der Waals surface area contributed by atoms with Gasteiger partial charge in [0.05, 0.1) is 12.1 Å². The SMILES string of the molecule is CCc1ccc(-c2csc(NC(=O)COC(=O)CCSc3ccccc3)n2)cc1. The van der Waals surface area contributed by atoms with Gasteiger partial charge in [-0.05, 0) is 24.1 Å². The number of aryl methyl sites for hydroxylation is 1. The van der Waals surface area contributed by atoms with E-state index in [0.29, 0.717) is 10.9 Å². The lowest BCUT2D eigenvalue weighted by atomic mass is 10.1. The number of ether oxygens (including phenoxy) is 1. The Labute approximate surface area is 178 Å². The van der Waals surface area contributed by atoms with Gasteiger partial charge in [0.25, 0.3) is 5.91 Å². The number of nitrogens with zero attached hydrogens (tertiary/aromatic N) is 1. The van der Waals surface area contributed by atoms with Crippen LogP contribution in [0.1, 0.15) is 18.9 Å². The summed E-state index contributed by atoms with van der Waals surface area (Å²) < 4.78 is 5.04. The Balaban J connectivity index is 1.40. The van der Waals surface area contributed by atoms with Gasteiger partial charge in [0, 0.05) is 21.6 Å². The number of benzene rings is 2. The largest absolute Gasteiger partial charge is 0.456 e. The summed E-state index contributed by atoms with van der Waals surface area (Å²) in [5.74, 6) is -0.173. The highest BCUT2D eigenvalue weighted by Gasteiger charge is 2.11. The van der Waals surface area contributed by atoms with Crippen molar-refractivity contribution in [2.24, 2.45) is 0 Å². The fourth-order valence-corrected chi connectivity index (χ4v) is 4.11. The number of nitrogens with one attached hydrogen (secondary N) is 1. The predicted molar refractivity (Wildman–Crippen MR) is 118 cm³/mol. The van der Waals surface area contributed by atoms with Gasteiger partial charge in [-0.15, -0.1) is 23.1 Å². The van der Waals surface area contributed by atoms with Crippen molar-refractivity contribution in [1.82, 2.24) is 4.98 Å². The Bertz CT molecular complexity index is 940. The summed E-state index contributed by atoms with van der Waals surface area (Å²) in [7, 11) is 0. The molecule has 0 spiro atoms. The number of amides is 1. The molecular formula is C22H22N2O3S2. The van der Waals surface area contributed by atoms with Crippen molar-refractivity contribution in [3.63, 3.8) is 0 Å². The fourth-order valence-electron chi connectivity index (χ4n) is 2.52. The van der Waals surface area contributed by atoms with E-state index in [2.05, 4.69) is 29.4 Å². The van der Waals surface area contributed by atoms with Gasteiger partial charge in [-0.3, -0.25) is 14.9 Å². The van der Waals surface area contributed by atoms with Gasteiger partial charge in [-0.2, -0.15) is 0 Å². The van der Waals surface area contributed by atoms with E-state index in [1.54, 1.807) is 11.8 Å². The highest BCUT2D eigenvalue weighted by atomic mass is 32.2. The van der Waals surface area contributed by atoms with Crippen molar-refractivity contribution in [2.45, 2.75) is 24.7 Å². The smallest absolute Gasteiger partial charge is 0.307 e. The molecule has 5 nitrogen and oxygen atoms in total. The monoisotopic (exact) mass is 426 g/mol. The molecule has 0 saturated carbocycles. The minimum Gasteiger partial charge on any atom is -0.456 e. The normalized spacial score (nSPS) is 10.5. The number of thioether (sulfide) groups is 1. The molecule has 0 aliphatic rings. The molecule has 0 radical (unpaired) electrons. The number of hydrogen-bond donors (Lipinski definition) is 1. The van der Waals surface area contributed by atoms with Crippen LogP contribution >= 0.6 is 23.1 Å². The topological polar surface area (TPSA) is 68.3 Å². The second-order valence-electron chi connectivity index (χ2n) is 6.21. The highest BCUT2D eigenvalue weighted by molar-refractivity contribution is 7.99. The number of rotatable bonds is 9. The van der Waals surface area contributed by atoms with E-state index < -0.39 is 5.91 Å². The summed E-state index contributed by atoms with van der Waals surface area (Å²) in [6, 6.07) is 18.0. The fraction of sp³-hybridized carbons (Fsp3) is 0.227. The molecule has 2 aromatic carbocycles. The number of carbonyl (C=O) groups excluding carboxylic acids is 2. The zero-order chi connectivity index (χ0) is 20.5. The molecule has 0 atom stereocenters. The Kier molecular flexibility index (Phi) is 7.84. The Morgan fingerprint density at radius 1 is 1.10 bits per heavy atom. The van der Waals surface area contributed by atoms with Gasteiger partial charge in [-0.1, -0.05) is 49.4 Å². The van der Waals surface area contributed by atoms with Crippen molar-refractivity contribution in [2.75, 3.05) is 17.7 Å². The number of carbonyl (C=O) groups is 2. The van der Waals surface area contributed by atoms with E-state index in [0.717, 1.165) is 22.6 Å². The second kappa shape index (κ2) is 10.8. The first-order valence-electron chi connectivity index (χ1n) is 9.32. The van der Waals surface area contributed by atoms with E-state index in [-0.39, 0.29) is 19.0 Å². The third-order valence-electron chi connectivity index (χ3n) is 4.09. The van der Waals surface area contributed by atoms with Gasteiger partial charge < -0.3 is 4.74 Å². The molecular weight excluding hydrogens is 404 g/mol. The first-order valence-corrected chi connectivity index (χ1v) is 11.2. The zero-order valence-electron chi connectivity index (χ0n) is 16.1. The summed E-state index contributed by atoms with van der Waals surface area (Å²) in [4.78, 5) is 29.3. The van der Waals surface area contributed by atoms with Crippen LogP contribution in [0.3, 0.4) is 0 Å². The van der Waals surface area contributed by atoms with Crippen LogP contribution in [0.4, 0.5) is 5.13 Å².